The van der Waals surface area contributed by atoms with Crippen molar-refractivity contribution in [2.75, 3.05) is 13.2 Å². The molecule has 22 heavy (non-hydrogen) atoms. The van der Waals surface area contributed by atoms with Crippen LogP contribution >= 0.6 is 0 Å². The lowest BCUT2D eigenvalue weighted by atomic mass is 10.1. The Morgan fingerprint density at radius 2 is 2.27 bits per heavy atom. The molecule has 0 spiro atoms. The molecule has 1 aliphatic heterocycles. The Labute approximate surface area is 127 Å². The lowest BCUT2D eigenvalue weighted by molar-refractivity contribution is -0.112. The summed E-state index contributed by atoms with van der Waals surface area (Å²) in [6.45, 7) is 5.14. The van der Waals surface area contributed by atoms with Gasteiger partial charge in [-0.3, -0.25) is 13.8 Å². The average Bonchev–Trinajstić information content (AvgIpc) is 2.86. The fraction of sp³-hybridized carbons (Fsp3) is 0.600. The van der Waals surface area contributed by atoms with E-state index in [1.165, 1.54) is 10.5 Å². The maximum absolute atomic E-state index is 11.9. The summed E-state index contributed by atoms with van der Waals surface area (Å²) >= 11 is 0. The fourth-order valence-corrected chi connectivity index (χ4v) is 3.44. The van der Waals surface area contributed by atoms with Crippen molar-refractivity contribution in [3.05, 3.63) is 35.0 Å². The van der Waals surface area contributed by atoms with Gasteiger partial charge in [-0.1, -0.05) is 0 Å². The van der Waals surface area contributed by atoms with Crippen molar-refractivity contribution in [2.45, 2.75) is 44.3 Å². The summed E-state index contributed by atoms with van der Waals surface area (Å²) in [5.74, 6) is 0.551. The summed E-state index contributed by atoms with van der Waals surface area (Å²) in [4.78, 5) is 16.1. The van der Waals surface area contributed by atoms with Crippen molar-refractivity contribution in [1.82, 2.24) is 14.0 Å². The molecule has 2 aromatic rings. The number of ether oxygens (including phenoxy) is 3. The molecule has 7 heteroatoms. The van der Waals surface area contributed by atoms with Crippen LogP contribution in [0.15, 0.2) is 29.5 Å². The van der Waals surface area contributed by atoms with Crippen molar-refractivity contribution in [3.63, 3.8) is 0 Å². The molecule has 2 fully saturated rings. The third-order valence-corrected chi connectivity index (χ3v) is 4.43. The van der Waals surface area contributed by atoms with E-state index in [0.29, 0.717) is 19.0 Å². The molecule has 118 valence electrons. The zero-order valence-corrected chi connectivity index (χ0v) is 12.6. The molecule has 3 heterocycles. The van der Waals surface area contributed by atoms with Gasteiger partial charge in [0, 0.05) is 44.3 Å². The molecule has 2 aliphatic rings. The van der Waals surface area contributed by atoms with Crippen LogP contribution in [-0.2, 0) is 14.2 Å². The van der Waals surface area contributed by atoms with Crippen molar-refractivity contribution in [3.8, 4) is 0 Å². The number of nitrogens with zero attached hydrogens (tertiary/aromatic N) is 3. The predicted molar refractivity (Wildman–Crippen MR) is 77.8 cm³/mol. The lowest BCUT2D eigenvalue weighted by Gasteiger charge is -2.28. The maximum atomic E-state index is 11.9. The first kappa shape index (κ1) is 13.9. The highest BCUT2D eigenvalue weighted by atomic mass is 16.6. The summed E-state index contributed by atoms with van der Waals surface area (Å²) in [6.07, 6.45) is 5.33. The van der Waals surface area contributed by atoms with Crippen molar-refractivity contribution < 1.29 is 14.2 Å². The van der Waals surface area contributed by atoms with E-state index in [9.17, 15) is 4.79 Å². The van der Waals surface area contributed by atoms with Gasteiger partial charge in [0.1, 0.15) is 11.7 Å². The minimum atomic E-state index is -0.359. The number of rotatable bonds is 5. The maximum Gasteiger partial charge on any atom is 0.258 e. The van der Waals surface area contributed by atoms with Gasteiger partial charge in [0.25, 0.3) is 5.56 Å². The number of aromatic nitrogens is 3. The Kier molecular flexibility index (Phi) is 3.11. The molecular weight excluding hydrogens is 286 g/mol. The summed E-state index contributed by atoms with van der Waals surface area (Å²) < 4.78 is 21.4. The number of fused-ring (bicyclic) bond motifs is 2. The van der Waals surface area contributed by atoms with Crippen LogP contribution in [0.5, 0.6) is 0 Å². The van der Waals surface area contributed by atoms with E-state index in [1.807, 2.05) is 18.4 Å². The van der Waals surface area contributed by atoms with Crippen LogP contribution in [0.3, 0.4) is 0 Å². The van der Waals surface area contributed by atoms with E-state index in [0.717, 1.165) is 6.42 Å². The normalized spacial score (nSPS) is 33.3. The highest BCUT2D eigenvalue weighted by Gasteiger charge is 2.71. The zero-order valence-electron chi connectivity index (χ0n) is 12.6. The second-order valence-electron chi connectivity index (χ2n) is 5.64. The zero-order chi connectivity index (χ0) is 15.3. The van der Waals surface area contributed by atoms with E-state index >= 15 is 0 Å². The standard InChI is InChI=1S/C15H19N3O4/c1-3-20-12-13(22-10-9-15(10,12)21-4-2)18-7-5-11(19)17-8-6-16-14(17)18/h5-8,10,12-13H,3-4,9H2,1-2H3/t10-,12+,13-,15-/m1/s1. The first-order valence-corrected chi connectivity index (χ1v) is 7.66. The van der Waals surface area contributed by atoms with Crippen LogP contribution < -0.4 is 5.56 Å². The molecular formula is C15H19N3O4. The molecule has 0 unspecified atom stereocenters. The number of hydrogen-bond donors (Lipinski definition) is 0. The van der Waals surface area contributed by atoms with Gasteiger partial charge in [0.2, 0.25) is 5.78 Å². The third-order valence-electron chi connectivity index (χ3n) is 4.43. The van der Waals surface area contributed by atoms with Gasteiger partial charge in [-0.15, -0.1) is 0 Å². The Hall–Kier alpha value is -1.70. The topological polar surface area (TPSA) is 67.0 Å². The van der Waals surface area contributed by atoms with E-state index in [-0.39, 0.29) is 29.6 Å². The van der Waals surface area contributed by atoms with Gasteiger partial charge in [-0.25, -0.2) is 4.98 Å². The SMILES string of the molecule is CCO[C@H]1[C@H](n2ccc(=O)n3ccnc23)O[C@@H]2C[C@@]21OCC. The minimum absolute atomic E-state index is 0.0449. The summed E-state index contributed by atoms with van der Waals surface area (Å²) in [5, 5.41) is 0. The van der Waals surface area contributed by atoms with Gasteiger partial charge in [-0.2, -0.15) is 0 Å². The van der Waals surface area contributed by atoms with Crippen LogP contribution in [0, 0.1) is 0 Å². The van der Waals surface area contributed by atoms with Crippen LogP contribution in [0.2, 0.25) is 0 Å². The quantitative estimate of drug-likeness (QED) is 0.823. The van der Waals surface area contributed by atoms with Gasteiger partial charge in [0.15, 0.2) is 6.23 Å². The van der Waals surface area contributed by atoms with Crippen molar-refractivity contribution >= 4 is 5.78 Å². The molecule has 4 atom stereocenters. The second kappa shape index (κ2) is 4.91. The van der Waals surface area contributed by atoms with E-state index in [2.05, 4.69) is 4.98 Å². The Bertz CT molecular complexity index is 755. The van der Waals surface area contributed by atoms with E-state index < -0.39 is 0 Å². The number of hydrogen-bond acceptors (Lipinski definition) is 5. The van der Waals surface area contributed by atoms with Gasteiger partial charge < -0.3 is 14.2 Å². The minimum Gasteiger partial charge on any atom is -0.371 e. The van der Waals surface area contributed by atoms with Crippen molar-refractivity contribution in [2.24, 2.45) is 0 Å². The molecule has 1 saturated heterocycles. The van der Waals surface area contributed by atoms with Gasteiger partial charge >= 0.3 is 0 Å². The summed E-state index contributed by atoms with van der Waals surface area (Å²) in [7, 11) is 0. The molecule has 0 N–H and O–H groups in total. The first-order valence-electron chi connectivity index (χ1n) is 7.66. The van der Waals surface area contributed by atoms with Crippen LogP contribution in [-0.4, -0.2) is 45.0 Å². The van der Waals surface area contributed by atoms with Crippen LogP contribution in [0.1, 0.15) is 26.5 Å². The molecule has 0 bridgehead atoms. The highest BCUT2D eigenvalue weighted by Crippen LogP contribution is 2.57. The van der Waals surface area contributed by atoms with Crippen LogP contribution in [0.25, 0.3) is 5.78 Å². The van der Waals surface area contributed by atoms with Gasteiger partial charge in [0.05, 0.1) is 6.10 Å². The Morgan fingerprint density at radius 1 is 1.41 bits per heavy atom. The first-order chi connectivity index (χ1) is 10.7. The predicted octanol–water partition coefficient (Wildman–Crippen LogP) is 0.977. The Balaban J connectivity index is 1.77. The molecule has 7 nitrogen and oxygen atoms in total. The summed E-state index contributed by atoms with van der Waals surface area (Å²) in [6, 6.07) is 1.51. The van der Waals surface area contributed by atoms with Crippen LogP contribution in [0.4, 0.5) is 0 Å². The highest BCUT2D eigenvalue weighted by molar-refractivity contribution is 5.31. The molecule has 1 aliphatic carbocycles. The molecule has 0 amide bonds. The largest absolute Gasteiger partial charge is 0.371 e. The summed E-state index contributed by atoms with van der Waals surface area (Å²) in [5.41, 5.74) is -0.471. The van der Waals surface area contributed by atoms with E-state index in [4.69, 9.17) is 14.2 Å². The second-order valence-corrected chi connectivity index (χ2v) is 5.64. The molecule has 0 radical (unpaired) electrons. The Morgan fingerprint density at radius 3 is 3.05 bits per heavy atom. The molecule has 4 rings (SSSR count). The monoisotopic (exact) mass is 305 g/mol. The average molecular weight is 305 g/mol. The smallest absolute Gasteiger partial charge is 0.258 e. The third kappa shape index (κ3) is 1.79. The van der Waals surface area contributed by atoms with Gasteiger partial charge in [-0.05, 0) is 13.8 Å². The lowest BCUT2D eigenvalue weighted by Crippen LogP contribution is -2.38. The van der Waals surface area contributed by atoms with E-state index in [1.54, 1.807) is 18.6 Å². The molecule has 2 aromatic heterocycles. The van der Waals surface area contributed by atoms with Crippen molar-refractivity contribution in [1.29, 1.82) is 0 Å². The molecule has 1 saturated carbocycles. The fourth-order valence-electron chi connectivity index (χ4n) is 3.44. The number of imidazole rings is 1. The molecule has 0 aromatic carbocycles.